The van der Waals surface area contributed by atoms with Crippen LogP contribution in [-0.2, 0) is 9.84 Å². The van der Waals surface area contributed by atoms with Crippen LogP contribution in [-0.4, -0.2) is 21.5 Å². The Labute approximate surface area is 141 Å². The predicted octanol–water partition coefficient (Wildman–Crippen LogP) is 3.09. The van der Waals surface area contributed by atoms with Gasteiger partial charge in [-0.05, 0) is 31.0 Å². The molecule has 1 fully saturated rings. The lowest BCUT2D eigenvalue weighted by Crippen LogP contribution is -2.23. The van der Waals surface area contributed by atoms with E-state index in [4.69, 9.17) is 0 Å². The average molecular weight is 339 g/mol. The topological polar surface area (TPSA) is 51.5 Å². The SMILES string of the molecule is O=S(=O)(c1ccccc1)c1c[nH+]c2ccccc2c1N1CCCC1. The van der Waals surface area contributed by atoms with Crippen molar-refractivity contribution in [1.29, 1.82) is 0 Å². The van der Waals surface area contributed by atoms with E-state index in [0.717, 1.165) is 42.5 Å². The summed E-state index contributed by atoms with van der Waals surface area (Å²) in [6.45, 7) is 1.79. The second-order valence-electron chi connectivity index (χ2n) is 6.06. The number of rotatable bonds is 3. The molecule has 1 N–H and O–H groups in total. The number of benzene rings is 2. The van der Waals surface area contributed by atoms with Crippen LogP contribution in [0, 0.1) is 0 Å². The van der Waals surface area contributed by atoms with E-state index in [9.17, 15) is 8.42 Å². The monoisotopic (exact) mass is 339 g/mol. The van der Waals surface area contributed by atoms with Crippen LogP contribution >= 0.6 is 0 Å². The molecule has 24 heavy (non-hydrogen) atoms. The molecule has 0 saturated carbocycles. The molecule has 4 rings (SSSR count). The van der Waals surface area contributed by atoms with Crippen molar-refractivity contribution in [3.8, 4) is 0 Å². The van der Waals surface area contributed by atoms with Gasteiger partial charge in [-0.3, -0.25) is 0 Å². The van der Waals surface area contributed by atoms with Gasteiger partial charge in [0.25, 0.3) is 0 Å². The van der Waals surface area contributed by atoms with Crippen LogP contribution in [0.2, 0.25) is 0 Å². The lowest BCUT2D eigenvalue weighted by molar-refractivity contribution is -0.347. The number of aromatic amines is 1. The minimum absolute atomic E-state index is 0.328. The molecule has 0 spiro atoms. The van der Waals surface area contributed by atoms with E-state index in [2.05, 4.69) is 9.88 Å². The Morgan fingerprint density at radius 1 is 0.875 bits per heavy atom. The molecule has 4 nitrogen and oxygen atoms in total. The van der Waals surface area contributed by atoms with Crippen LogP contribution < -0.4 is 9.88 Å². The Hall–Kier alpha value is -2.40. The van der Waals surface area contributed by atoms with Gasteiger partial charge in [0.2, 0.25) is 15.4 Å². The molecule has 2 aromatic carbocycles. The summed E-state index contributed by atoms with van der Waals surface area (Å²) in [5, 5.41) is 0.955. The van der Waals surface area contributed by atoms with Crippen LogP contribution in [0.5, 0.6) is 0 Å². The fourth-order valence-corrected chi connectivity index (χ4v) is 4.84. The van der Waals surface area contributed by atoms with Gasteiger partial charge >= 0.3 is 0 Å². The zero-order chi connectivity index (χ0) is 16.6. The van der Waals surface area contributed by atoms with Gasteiger partial charge in [-0.1, -0.05) is 30.3 Å². The van der Waals surface area contributed by atoms with E-state index in [0.29, 0.717) is 9.79 Å². The predicted molar refractivity (Wildman–Crippen MR) is 93.8 cm³/mol. The zero-order valence-corrected chi connectivity index (χ0v) is 14.1. The summed E-state index contributed by atoms with van der Waals surface area (Å²) in [4.78, 5) is 6.04. The van der Waals surface area contributed by atoms with Gasteiger partial charge < -0.3 is 4.90 Å². The van der Waals surface area contributed by atoms with Gasteiger partial charge in [0.1, 0.15) is 0 Å². The fourth-order valence-electron chi connectivity index (χ4n) is 3.36. The molecule has 3 aromatic rings. The largest absolute Gasteiger partial charge is 0.370 e. The molecule has 1 aliphatic rings. The Morgan fingerprint density at radius 2 is 1.54 bits per heavy atom. The van der Waals surface area contributed by atoms with Crippen LogP contribution in [0.1, 0.15) is 12.8 Å². The number of sulfone groups is 1. The van der Waals surface area contributed by atoms with Gasteiger partial charge in [-0.2, -0.15) is 0 Å². The number of H-pyrrole nitrogens is 1. The standard InChI is InChI=1S/C19H18N2O2S/c22-24(23,15-8-2-1-3-9-15)18-14-20-17-11-5-4-10-16(17)19(18)21-12-6-7-13-21/h1-5,8-11,14H,6-7,12-13H2/p+1. The molecule has 1 aliphatic heterocycles. The Kier molecular flexibility index (Phi) is 3.73. The number of nitrogens with one attached hydrogen (secondary N) is 1. The van der Waals surface area contributed by atoms with Crippen molar-refractivity contribution in [3.63, 3.8) is 0 Å². The van der Waals surface area contributed by atoms with Crippen molar-refractivity contribution in [2.75, 3.05) is 18.0 Å². The number of hydrogen-bond donors (Lipinski definition) is 0. The Bertz CT molecular complexity index is 979. The normalized spacial score (nSPS) is 15.1. The fraction of sp³-hybridized carbons (Fsp3) is 0.211. The number of hydrogen-bond acceptors (Lipinski definition) is 3. The summed E-state index contributed by atoms with van der Waals surface area (Å²) in [5.41, 5.74) is 1.78. The van der Waals surface area contributed by atoms with Crippen LogP contribution in [0.25, 0.3) is 10.9 Å². The van der Waals surface area contributed by atoms with Crippen molar-refractivity contribution in [2.24, 2.45) is 0 Å². The molecular weight excluding hydrogens is 320 g/mol. The first kappa shape index (κ1) is 15.1. The first-order chi connectivity index (χ1) is 11.7. The number of fused-ring (bicyclic) bond motifs is 1. The number of para-hydroxylation sites is 1. The molecule has 0 atom stereocenters. The maximum absolute atomic E-state index is 13.2. The van der Waals surface area contributed by atoms with Gasteiger partial charge in [-0.15, -0.1) is 0 Å². The molecule has 2 heterocycles. The molecule has 122 valence electrons. The highest BCUT2D eigenvalue weighted by molar-refractivity contribution is 7.91. The van der Waals surface area contributed by atoms with Gasteiger partial charge in [0.15, 0.2) is 11.1 Å². The first-order valence-corrected chi connectivity index (χ1v) is 9.65. The Morgan fingerprint density at radius 3 is 2.29 bits per heavy atom. The second kappa shape index (κ2) is 5.91. The van der Waals surface area contributed by atoms with Crippen molar-refractivity contribution in [3.05, 3.63) is 60.8 Å². The maximum atomic E-state index is 13.2. The van der Waals surface area contributed by atoms with E-state index < -0.39 is 9.84 Å². The summed E-state index contributed by atoms with van der Waals surface area (Å²) in [6.07, 6.45) is 3.83. The zero-order valence-electron chi connectivity index (χ0n) is 13.3. The van der Waals surface area contributed by atoms with E-state index >= 15 is 0 Å². The number of anilines is 1. The van der Waals surface area contributed by atoms with Gasteiger partial charge in [-0.25, -0.2) is 13.4 Å². The molecule has 5 heteroatoms. The minimum atomic E-state index is -3.57. The van der Waals surface area contributed by atoms with Crippen molar-refractivity contribution in [1.82, 2.24) is 0 Å². The third-order valence-corrected chi connectivity index (χ3v) is 6.32. The smallest absolute Gasteiger partial charge is 0.214 e. The van der Waals surface area contributed by atoms with Crippen LogP contribution in [0.4, 0.5) is 5.69 Å². The second-order valence-corrected chi connectivity index (χ2v) is 7.98. The highest BCUT2D eigenvalue weighted by Gasteiger charge is 2.30. The lowest BCUT2D eigenvalue weighted by Gasteiger charge is -2.21. The molecule has 0 amide bonds. The summed E-state index contributed by atoms with van der Waals surface area (Å²) in [5.74, 6) is 0. The maximum Gasteiger partial charge on any atom is 0.214 e. The average Bonchev–Trinajstić information content (AvgIpc) is 3.15. The minimum Gasteiger partial charge on any atom is -0.370 e. The number of nitrogens with zero attached hydrogens (tertiary/aromatic N) is 1. The lowest BCUT2D eigenvalue weighted by atomic mass is 10.2. The van der Waals surface area contributed by atoms with Crippen LogP contribution in [0.3, 0.4) is 0 Å². The third kappa shape index (κ3) is 2.45. The molecule has 1 saturated heterocycles. The first-order valence-electron chi connectivity index (χ1n) is 8.16. The number of pyridine rings is 1. The molecule has 0 aliphatic carbocycles. The Balaban J connectivity index is 2.00. The molecular formula is C19H19N2O2S+. The molecule has 1 aromatic heterocycles. The van der Waals surface area contributed by atoms with E-state index in [-0.39, 0.29) is 0 Å². The van der Waals surface area contributed by atoms with Crippen molar-refractivity contribution < 1.29 is 13.4 Å². The quantitative estimate of drug-likeness (QED) is 0.737. The van der Waals surface area contributed by atoms with E-state index in [1.165, 1.54) is 0 Å². The number of aromatic nitrogens is 1. The third-order valence-electron chi connectivity index (χ3n) is 4.54. The summed E-state index contributed by atoms with van der Waals surface area (Å²) < 4.78 is 26.4. The highest BCUT2D eigenvalue weighted by Crippen LogP contribution is 2.36. The van der Waals surface area contributed by atoms with E-state index in [1.807, 2.05) is 30.3 Å². The molecule has 0 unspecified atom stereocenters. The summed E-state index contributed by atoms with van der Waals surface area (Å²) >= 11 is 0. The molecule has 0 bridgehead atoms. The van der Waals surface area contributed by atoms with Crippen molar-refractivity contribution in [2.45, 2.75) is 22.6 Å². The molecule has 0 radical (unpaired) electrons. The highest BCUT2D eigenvalue weighted by atomic mass is 32.2. The summed E-state index contributed by atoms with van der Waals surface area (Å²) in [6, 6.07) is 16.5. The van der Waals surface area contributed by atoms with Crippen molar-refractivity contribution >= 4 is 26.4 Å². The van der Waals surface area contributed by atoms with Gasteiger partial charge in [0, 0.05) is 19.2 Å². The van der Waals surface area contributed by atoms with Gasteiger partial charge in [0.05, 0.1) is 16.0 Å². The summed E-state index contributed by atoms with van der Waals surface area (Å²) in [7, 11) is -3.57. The van der Waals surface area contributed by atoms with E-state index in [1.54, 1.807) is 30.5 Å². The van der Waals surface area contributed by atoms with Crippen LogP contribution in [0.15, 0.2) is 70.6 Å².